The van der Waals surface area contributed by atoms with Crippen LogP contribution in [0.4, 0.5) is 0 Å². The molecule has 2 N–H and O–H groups in total. The molecule has 0 saturated heterocycles. The fourth-order valence-electron chi connectivity index (χ4n) is 1.30. The van der Waals surface area contributed by atoms with E-state index in [1.54, 1.807) is 19.2 Å². The SMILES string of the molecule is COc1ccc(C(=O)NCC(C)(C)OC)cc1O. The van der Waals surface area contributed by atoms with Gasteiger partial charge in [-0.05, 0) is 32.0 Å². The van der Waals surface area contributed by atoms with Crippen molar-refractivity contribution in [1.29, 1.82) is 0 Å². The lowest BCUT2D eigenvalue weighted by atomic mass is 10.1. The van der Waals surface area contributed by atoms with E-state index in [2.05, 4.69) is 5.32 Å². The fourth-order valence-corrected chi connectivity index (χ4v) is 1.30. The Morgan fingerprint density at radius 3 is 2.56 bits per heavy atom. The third-order valence-electron chi connectivity index (χ3n) is 2.67. The molecule has 0 aromatic heterocycles. The van der Waals surface area contributed by atoms with Crippen LogP contribution in [0.1, 0.15) is 24.2 Å². The number of carbonyl (C=O) groups is 1. The summed E-state index contributed by atoms with van der Waals surface area (Å²) in [5, 5.41) is 12.3. The molecule has 0 spiro atoms. The van der Waals surface area contributed by atoms with E-state index in [1.165, 1.54) is 13.2 Å². The third-order valence-corrected chi connectivity index (χ3v) is 2.67. The van der Waals surface area contributed by atoms with E-state index < -0.39 is 5.60 Å². The molecule has 0 aliphatic carbocycles. The second-order valence-corrected chi connectivity index (χ2v) is 4.53. The highest BCUT2D eigenvalue weighted by molar-refractivity contribution is 5.94. The van der Waals surface area contributed by atoms with Crippen LogP contribution in [0, 0.1) is 0 Å². The minimum absolute atomic E-state index is 0.0591. The highest BCUT2D eigenvalue weighted by atomic mass is 16.5. The van der Waals surface area contributed by atoms with Crippen molar-refractivity contribution in [2.45, 2.75) is 19.4 Å². The van der Waals surface area contributed by atoms with Crippen molar-refractivity contribution < 1.29 is 19.4 Å². The number of nitrogens with one attached hydrogen (secondary N) is 1. The molecule has 5 heteroatoms. The molecule has 1 amide bonds. The van der Waals surface area contributed by atoms with Crippen LogP contribution in [0.2, 0.25) is 0 Å². The number of amides is 1. The summed E-state index contributed by atoms with van der Waals surface area (Å²) in [6, 6.07) is 4.51. The first kappa shape index (κ1) is 14.3. The van der Waals surface area contributed by atoms with Gasteiger partial charge in [0.15, 0.2) is 11.5 Å². The maximum Gasteiger partial charge on any atom is 0.251 e. The van der Waals surface area contributed by atoms with Gasteiger partial charge in [0.05, 0.1) is 12.7 Å². The number of phenolic OH excluding ortho intramolecular Hbond substituents is 1. The number of phenols is 1. The Morgan fingerprint density at radius 1 is 1.39 bits per heavy atom. The summed E-state index contributed by atoms with van der Waals surface area (Å²) in [5.74, 6) is 0.0120. The second kappa shape index (κ2) is 5.73. The monoisotopic (exact) mass is 253 g/mol. The first-order valence-corrected chi connectivity index (χ1v) is 5.60. The standard InChI is InChI=1S/C13H19NO4/c1-13(2,18-4)8-14-12(16)9-5-6-11(17-3)10(15)7-9/h5-7,15H,8H2,1-4H3,(H,14,16). The van der Waals surface area contributed by atoms with Gasteiger partial charge >= 0.3 is 0 Å². The maximum atomic E-state index is 11.8. The molecule has 0 fully saturated rings. The minimum atomic E-state index is -0.426. The molecule has 0 unspecified atom stereocenters. The minimum Gasteiger partial charge on any atom is -0.504 e. The van der Waals surface area contributed by atoms with Gasteiger partial charge in [-0.25, -0.2) is 0 Å². The number of benzene rings is 1. The molecule has 0 aliphatic rings. The first-order valence-electron chi connectivity index (χ1n) is 5.60. The lowest BCUT2D eigenvalue weighted by Crippen LogP contribution is -2.39. The molecular weight excluding hydrogens is 234 g/mol. The Hall–Kier alpha value is -1.75. The van der Waals surface area contributed by atoms with Crippen LogP contribution in [0.25, 0.3) is 0 Å². The highest BCUT2D eigenvalue weighted by Gasteiger charge is 2.18. The summed E-state index contributed by atoms with van der Waals surface area (Å²) in [6.07, 6.45) is 0. The largest absolute Gasteiger partial charge is 0.504 e. The molecule has 0 saturated carbocycles. The van der Waals surface area contributed by atoms with Gasteiger partial charge in [0.25, 0.3) is 5.91 Å². The number of aromatic hydroxyl groups is 1. The lowest BCUT2D eigenvalue weighted by molar-refractivity contribution is 0.0229. The van der Waals surface area contributed by atoms with E-state index in [-0.39, 0.29) is 11.7 Å². The second-order valence-electron chi connectivity index (χ2n) is 4.53. The van der Waals surface area contributed by atoms with Crippen molar-refractivity contribution >= 4 is 5.91 Å². The molecule has 1 aromatic rings. The van der Waals surface area contributed by atoms with Crippen LogP contribution in [0.5, 0.6) is 11.5 Å². The zero-order valence-electron chi connectivity index (χ0n) is 11.1. The van der Waals surface area contributed by atoms with Crippen LogP contribution >= 0.6 is 0 Å². The molecule has 1 aromatic carbocycles. The van der Waals surface area contributed by atoms with E-state index in [0.717, 1.165) is 0 Å². The Balaban J connectivity index is 2.71. The van der Waals surface area contributed by atoms with Gasteiger partial charge in [0.2, 0.25) is 0 Å². The van der Waals surface area contributed by atoms with Crippen LogP contribution < -0.4 is 10.1 Å². The number of ether oxygens (including phenoxy) is 2. The molecule has 1 rings (SSSR count). The number of rotatable bonds is 5. The van der Waals surface area contributed by atoms with Gasteiger partial charge in [-0.1, -0.05) is 0 Å². The average Bonchev–Trinajstić information content (AvgIpc) is 2.36. The number of hydrogen-bond donors (Lipinski definition) is 2. The molecule has 0 aliphatic heterocycles. The topological polar surface area (TPSA) is 67.8 Å². The molecule has 100 valence electrons. The number of methoxy groups -OCH3 is 2. The molecule has 0 heterocycles. The normalized spacial score (nSPS) is 11.1. The molecule has 0 atom stereocenters. The Bertz CT molecular complexity index is 429. The predicted molar refractivity (Wildman–Crippen MR) is 68.1 cm³/mol. The van der Waals surface area contributed by atoms with E-state index in [0.29, 0.717) is 17.9 Å². The van der Waals surface area contributed by atoms with Gasteiger partial charge in [-0.15, -0.1) is 0 Å². The maximum absolute atomic E-state index is 11.8. The van der Waals surface area contributed by atoms with Crippen LogP contribution in [0.3, 0.4) is 0 Å². The summed E-state index contributed by atoms with van der Waals surface area (Å²) < 4.78 is 10.1. The fraction of sp³-hybridized carbons (Fsp3) is 0.462. The Morgan fingerprint density at radius 2 is 2.06 bits per heavy atom. The van der Waals surface area contributed by atoms with Crippen LogP contribution in [0.15, 0.2) is 18.2 Å². The Kier molecular flexibility index (Phi) is 4.55. The van der Waals surface area contributed by atoms with Crippen molar-refractivity contribution in [3.05, 3.63) is 23.8 Å². The summed E-state index contributed by atoms with van der Waals surface area (Å²) in [6.45, 7) is 4.13. The average molecular weight is 253 g/mol. The third kappa shape index (κ3) is 3.63. The lowest BCUT2D eigenvalue weighted by Gasteiger charge is -2.23. The summed E-state index contributed by atoms with van der Waals surface area (Å²) >= 11 is 0. The van der Waals surface area contributed by atoms with Crippen LogP contribution in [-0.2, 0) is 4.74 Å². The van der Waals surface area contributed by atoms with Crippen molar-refractivity contribution in [3.63, 3.8) is 0 Å². The van der Waals surface area contributed by atoms with Crippen molar-refractivity contribution in [2.24, 2.45) is 0 Å². The molecule has 18 heavy (non-hydrogen) atoms. The van der Waals surface area contributed by atoms with E-state index in [4.69, 9.17) is 9.47 Å². The summed E-state index contributed by atoms with van der Waals surface area (Å²) in [7, 11) is 3.04. The van der Waals surface area contributed by atoms with Crippen molar-refractivity contribution in [3.8, 4) is 11.5 Å². The zero-order valence-corrected chi connectivity index (χ0v) is 11.1. The van der Waals surface area contributed by atoms with E-state index >= 15 is 0 Å². The predicted octanol–water partition coefficient (Wildman–Crippen LogP) is 1.56. The molecule has 0 radical (unpaired) electrons. The van der Waals surface area contributed by atoms with E-state index in [1.807, 2.05) is 13.8 Å². The smallest absolute Gasteiger partial charge is 0.251 e. The number of carbonyl (C=O) groups excluding carboxylic acids is 1. The molecule has 5 nitrogen and oxygen atoms in total. The summed E-state index contributed by atoms with van der Waals surface area (Å²) in [4.78, 5) is 11.8. The van der Waals surface area contributed by atoms with Crippen molar-refractivity contribution in [2.75, 3.05) is 20.8 Å². The number of hydrogen-bond acceptors (Lipinski definition) is 4. The van der Waals surface area contributed by atoms with Gasteiger partial charge in [0.1, 0.15) is 0 Å². The Labute approximate surface area is 107 Å². The van der Waals surface area contributed by atoms with E-state index in [9.17, 15) is 9.90 Å². The zero-order chi connectivity index (χ0) is 13.8. The summed E-state index contributed by atoms with van der Waals surface area (Å²) in [5.41, 5.74) is -0.0512. The van der Waals surface area contributed by atoms with Crippen molar-refractivity contribution in [1.82, 2.24) is 5.32 Å². The van der Waals surface area contributed by atoms with Gasteiger partial charge in [-0.2, -0.15) is 0 Å². The highest BCUT2D eigenvalue weighted by Crippen LogP contribution is 2.26. The molecule has 0 bridgehead atoms. The van der Waals surface area contributed by atoms with Gasteiger partial charge in [-0.3, -0.25) is 4.79 Å². The van der Waals surface area contributed by atoms with Gasteiger partial charge < -0.3 is 19.9 Å². The van der Waals surface area contributed by atoms with Crippen LogP contribution in [-0.4, -0.2) is 37.4 Å². The quantitative estimate of drug-likeness (QED) is 0.835. The molecular formula is C13H19NO4. The first-order chi connectivity index (χ1) is 8.39. The van der Waals surface area contributed by atoms with Gasteiger partial charge in [0, 0.05) is 19.2 Å².